The van der Waals surface area contributed by atoms with Gasteiger partial charge >= 0.3 is 0 Å². The molecular weight excluding hydrogens is 348 g/mol. The predicted octanol–water partition coefficient (Wildman–Crippen LogP) is 3.60. The number of amides is 2. The van der Waals surface area contributed by atoms with E-state index in [1.165, 1.54) is 6.92 Å². The quantitative estimate of drug-likeness (QED) is 0.647. The number of carbonyl (C=O) groups excluding carboxylic acids is 3. The van der Waals surface area contributed by atoms with E-state index in [0.717, 1.165) is 10.6 Å². The molecule has 0 aliphatic carbocycles. The third-order valence-corrected chi connectivity index (χ3v) is 5.15. The van der Waals surface area contributed by atoms with Gasteiger partial charge in [0.25, 0.3) is 0 Å². The first-order valence-corrected chi connectivity index (χ1v) is 9.57. The Morgan fingerprint density at radius 2 is 1.92 bits per heavy atom. The van der Waals surface area contributed by atoms with Gasteiger partial charge in [0.2, 0.25) is 11.8 Å². The maximum atomic E-state index is 12.6. The van der Waals surface area contributed by atoms with Gasteiger partial charge in [-0.1, -0.05) is 18.2 Å². The van der Waals surface area contributed by atoms with Crippen LogP contribution in [0.5, 0.6) is 0 Å². The molecule has 26 heavy (non-hydrogen) atoms. The van der Waals surface area contributed by atoms with Crippen molar-refractivity contribution in [3.05, 3.63) is 54.1 Å². The van der Waals surface area contributed by atoms with Gasteiger partial charge in [0.1, 0.15) is 0 Å². The molecule has 0 radical (unpaired) electrons. The molecule has 1 aliphatic heterocycles. The summed E-state index contributed by atoms with van der Waals surface area (Å²) in [5, 5.41) is 2.81. The first-order valence-electron chi connectivity index (χ1n) is 8.35. The fourth-order valence-corrected chi connectivity index (χ4v) is 3.50. The van der Waals surface area contributed by atoms with Crippen molar-refractivity contribution in [2.45, 2.75) is 18.2 Å². The highest BCUT2D eigenvalue weighted by atomic mass is 32.2. The van der Waals surface area contributed by atoms with Crippen LogP contribution in [0.25, 0.3) is 0 Å². The Kier molecular flexibility index (Phi) is 5.42. The van der Waals surface area contributed by atoms with Crippen LogP contribution in [0.3, 0.4) is 0 Å². The lowest BCUT2D eigenvalue weighted by atomic mass is 10.1. The van der Waals surface area contributed by atoms with Gasteiger partial charge in [-0.25, -0.2) is 0 Å². The topological polar surface area (TPSA) is 66.5 Å². The Hall–Kier alpha value is -2.60. The number of nitrogens with one attached hydrogen (secondary N) is 1. The van der Waals surface area contributed by atoms with Crippen molar-refractivity contribution >= 4 is 40.7 Å². The van der Waals surface area contributed by atoms with Crippen LogP contribution >= 0.6 is 11.8 Å². The number of anilines is 2. The molecule has 1 unspecified atom stereocenters. The summed E-state index contributed by atoms with van der Waals surface area (Å²) in [6.45, 7) is 1.80. The Balaban J connectivity index is 1.74. The van der Waals surface area contributed by atoms with E-state index in [-0.39, 0.29) is 24.0 Å². The standard InChI is InChI=1S/C20H20N2O3S/c1-13(23)17-8-3-4-9-18(17)21-20(25)14-10-19(24)22(12-14)15-6-5-7-16(11-15)26-2/h3-9,11,14H,10,12H2,1-2H3,(H,21,25). The van der Waals surface area contributed by atoms with E-state index in [0.29, 0.717) is 17.8 Å². The van der Waals surface area contributed by atoms with E-state index < -0.39 is 5.92 Å². The highest BCUT2D eigenvalue weighted by Crippen LogP contribution is 2.29. The summed E-state index contributed by atoms with van der Waals surface area (Å²) in [5.41, 5.74) is 1.76. The molecule has 3 rings (SSSR count). The van der Waals surface area contributed by atoms with Gasteiger partial charge in [0.05, 0.1) is 11.6 Å². The Bertz CT molecular complexity index is 866. The van der Waals surface area contributed by atoms with Gasteiger partial charge in [-0.05, 0) is 43.5 Å². The molecule has 1 saturated heterocycles. The summed E-state index contributed by atoms with van der Waals surface area (Å²) in [4.78, 5) is 39.5. The van der Waals surface area contributed by atoms with Crippen LogP contribution in [0, 0.1) is 5.92 Å². The zero-order valence-corrected chi connectivity index (χ0v) is 15.5. The van der Waals surface area contributed by atoms with Crippen LogP contribution in [0.2, 0.25) is 0 Å². The molecule has 1 atom stereocenters. The molecular formula is C20H20N2O3S. The van der Waals surface area contributed by atoms with Crippen molar-refractivity contribution in [1.82, 2.24) is 0 Å². The molecule has 6 heteroatoms. The molecule has 5 nitrogen and oxygen atoms in total. The minimum Gasteiger partial charge on any atom is -0.325 e. The predicted molar refractivity (Wildman–Crippen MR) is 104 cm³/mol. The lowest BCUT2D eigenvalue weighted by molar-refractivity contribution is -0.122. The lowest BCUT2D eigenvalue weighted by Gasteiger charge is -2.17. The highest BCUT2D eigenvalue weighted by molar-refractivity contribution is 7.98. The molecule has 0 spiro atoms. The molecule has 1 fully saturated rings. The number of para-hydroxylation sites is 1. The number of carbonyl (C=O) groups is 3. The molecule has 0 aromatic heterocycles. The van der Waals surface area contributed by atoms with Gasteiger partial charge in [0.15, 0.2) is 5.78 Å². The first-order chi connectivity index (χ1) is 12.5. The fourth-order valence-electron chi connectivity index (χ4n) is 3.05. The zero-order chi connectivity index (χ0) is 18.7. The monoisotopic (exact) mass is 368 g/mol. The smallest absolute Gasteiger partial charge is 0.229 e. The summed E-state index contributed by atoms with van der Waals surface area (Å²) < 4.78 is 0. The summed E-state index contributed by atoms with van der Waals surface area (Å²) in [6, 6.07) is 14.6. The summed E-state index contributed by atoms with van der Waals surface area (Å²) in [5.74, 6) is -0.863. The molecule has 2 amide bonds. The average Bonchev–Trinajstić information content (AvgIpc) is 3.04. The first kappa shape index (κ1) is 18.2. The van der Waals surface area contributed by atoms with Crippen molar-refractivity contribution in [1.29, 1.82) is 0 Å². The Morgan fingerprint density at radius 1 is 1.15 bits per heavy atom. The number of ketones is 1. The minimum absolute atomic E-state index is 0.0664. The number of hydrogen-bond donors (Lipinski definition) is 1. The van der Waals surface area contributed by atoms with Crippen LogP contribution in [0.1, 0.15) is 23.7 Å². The van der Waals surface area contributed by atoms with Gasteiger partial charge < -0.3 is 10.2 Å². The average molecular weight is 368 g/mol. The van der Waals surface area contributed by atoms with Gasteiger partial charge in [-0.2, -0.15) is 0 Å². The second kappa shape index (κ2) is 7.74. The number of thioether (sulfide) groups is 1. The molecule has 134 valence electrons. The second-order valence-corrected chi connectivity index (χ2v) is 7.08. The summed E-state index contributed by atoms with van der Waals surface area (Å²) in [6.07, 6.45) is 2.14. The number of benzene rings is 2. The lowest BCUT2D eigenvalue weighted by Crippen LogP contribution is -2.28. The number of hydrogen-bond acceptors (Lipinski definition) is 4. The summed E-state index contributed by atoms with van der Waals surface area (Å²) in [7, 11) is 0. The maximum Gasteiger partial charge on any atom is 0.229 e. The number of nitrogens with zero attached hydrogens (tertiary/aromatic N) is 1. The molecule has 0 bridgehead atoms. The molecule has 1 N–H and O–H groups in total. The molecule has 2 aromatic carbocycles. The van der Waals surface area contributed by atoms with Gasteiger partial charge in [0, 0.05) is 29.1 Å². The molecule has 1 heterocycles. The highest BCUT2D eigenvalue weighted by Gasteiger charge is 2.35. The van der Waals surface area contributed by atoms with Crippen molar-refractivity contribution in [2.24, 2.45) is 5.92 Å². The number of Topliss-reactive ketones (excluding diaryl/α,β-unsaturated/α-hetero) is 1. The van der Waals surface area contributed by atoms with E-state index in [2.05, 4.69) is 5.32 Å². The summed E-state index contributed by atoms with van der Waals surface area (Å²) >= 11 is 1.61. The molecule has 0 saturated carbocycles. The third kappa shape index (κ3) is 3.80. The van der Waals surface area contributed by atoms with E-state index in [1.807, 2.05) is 30.5 Å². The second-order valence-electron chi connectivity index (χ2n) is 6.20. The van der Waals surface area contributed by atoms with E-state index in [9.17, 15) is 14.4 Å². The van der Waals surface area contributed by atoms with Crippen molar-refractivity contribution in [3.63, 3.8) is 0 Å². The largest absolute Gasteiger partial charge is 0.325 e. The van der Waals surface area contributed by atoms with Gasteiger partial charge in [-0.15, -0.1) is 11.8 Å². The van der Waals surface area contributed by atoms with Crippen LogP contribution in [0.4, 0.5) is 11.4 Å². The van der Waals surface area contributed by atoms with Crippen molar-refractivity contribution < 1.29 is 14.4 Å². The van der Waals surface area contributed by atoms with E-state index in [1.54, 1.807) is 40.9 Å². The Morgan fingerprint density at radius 3 is 2.65 bits per heavy atom. The van der Waals surface area contributed by atoms with Crippen LogP contribution < -0.4 is 10.2 Å². The van der Waals surface area contributed by atoms with E-state index in [4.69, 9.17) is 0 Å². The third-order valence-electron chi connectivity index (χ3n) is 4.43. The van der Waals surface area contributed by atoms with E-state index >= 15 is 0 Å². The van der Waals surface area contributed by atoms with Gasteiger partial charge in [-0.3, -0.25) is 14.4 Å². The van der Waals surface area contributed by atoms with Crippen LogP contribution in [0.15, 0.2) is 53.4 Å². The number of rotatable bonds is 5. The minimum atomic E-state index is -0.444. The van der Waals surface area contributed by atoms with Crippen LogP contribution in [-0.4, -0.2) is 30.4 Å². The molecule has 2 aromatic rings. The zero-order valence-electron chi connectivity index (χ0n) is 14.7. The fraction of sp³-hybridized carbons (Fsp3) is 0.250. The van der Waals surface area contributed by atoms with Crippen LogP contribution in [-0.2, 0) is 9.59 Å². The van der Waals surface area contributed by atoms with Crippen molar-refractivity contribution in [2.75, 3.05) is 23.0 Å². The normalized spacial score (nSPS) is 16.6. The maximum absolute atomic E-state index is 12.6. The Labute approximate surface area is 156 Å². The van der Waals surface area contributed by atoms with Crippen molar-refractivity contribution in [3.8, 4) is 0 Å². The molecule has 1 aliphatic rings. The SMILES string of the molecule is CSc1cccc(N2CC(C(=O)Nc3ccccc3C(C)=O)CC2=O)c1.